The number of hydrogen-bond acceptors (Lipinski definition) is 1. The Bertz CT molecular complexity index is 2410. The van der Waals surface area contributed by atoms with E-state index in [1.165, 1.54) is 60.5 Å². The van der Waals surface area contributed by atoms with Gasteiger partial charge < -0.3 is 9.47 Å². The van der Waals surface area contributed by atoms with Crippen LogP contribution in [-0.2, 0) is 5.41 Å². The van der Waals surface area contributed by atoms with Crippen molar-refractivity contribution in [3.8, 4) is 16.8 Å². The summed E-state index contributed by atoms with van der Waals surface area (Å²) in [6.45, 7) is 4.71. The molecule has 0 radical (unpaired) electrons. The topological polar surface area (TPSA) is 8.17 Å². The fraction of sp³-hybridized carbons (Fsp3) is 0.0698. The van der Waals surface area contributed by atoms with E-state index in [2.05, 4.69) is 181 Å². The Morgan fingerprint density at radius 3 is 2.00 bits per heavy atom. The lowest BCUT2D eigenvalue weighted by molar-refractivity contribution is 0.660. The average Bonchev–Trinajstić information content (AvgIpc) is 3.54. The largest absolute Gasteiger partial charge is 0.310 e. The number of aromatic nitrogens is 1. The first-order valence-electron chi connectivity index (χ1n) is 15.7. The fourth-order valence-corrected chi connectivity index (χ4v) is 7.62. The first-order valence-corrected chi connectivity index (χ1v) is 15.7. The second kappa shape index (κ2) is 9.70. The van der Waals surface area contributed by atoms with Crippen LogP contribution in [0.4, 0.5) is 17.1 Å². The molecule has 0 saturated heterocycles. The van der Waals surface area contributed by atoms with Gasteiger partial charge in [-0.2, -0.15) is 0 Å². The van der Waals surface area contributed by atoms with Crippen LogP contribution in [0.25, 0.3) is 49.4 Å². The first-order chi connectivity index (χ1) is 22.1. The van der Waals surface area contributed by atoms with Crippen molar-refractivity contribution in [3.05, 3.63) is 169 Å². The molecule has 0 spiro atoms. The van der Waals surface area contributed by atoms with Crippen LogP contribution in [0.2, 0.25) is 0 Å². The zero-order valence-electron chi connectivity index (χ0n) is 25.4. The molecule has 1 aliphatic carbocycles. The minimum atomic E-state index is -0.0873. The lowest BCUT2D eigenvalue weighted by Gasteiger charge is -2.29. The summed E-state index contributed by atoms with van der Waals surface area (Å²) >= 11 is 0. The van der Waals surface area contributed by atoms with Crippen molar-refractivity contribution in [1.82, 2.24) is 4.57 Å². The van der Waals surface area contributed by atoms with E-state index in [1.54, 1.807) is 0 Å². The standard InChI is InChI=1S/C43H32N2/c1-43(2)38-20-10-8-18-34(38)35-25-23-31(27-39(35)43)44(40-22-12-14-29-13-6-7-17-33(29)40)32-24-26-37-36-19-9-11-21-41(36)45(42(37)28-32)30-15-4-3-5-16-30/h3-28H,1-2H3. The van der Waals surface area contributed by atoms with E-state index in [9.17, 15) is 0 Å². The Morgan fingerprint density at radius 1 is 0.467 bits per heavy atom. The van der Waals surface area contributed by atoms with Crippen LogP contribution >= 0.6 is 0 Å². The SMILES string of the molecule is CC1(C)c2ccccc2-c2ccc(N(c3ccc4c5ccccc5n(-c5ccccc5)c4c3)c3cccc4ccccc34)cc21. The molecule has 214 valence electrons. The third-order valence-corrected chi connectivity index (χ3v) is 9.76. The molecule has 2 heteroatoms. The molecule has 0 amide bonds. The van der Waals surface area contributed by atoms with E-state index in [0.717, 1.165) is 17.1 Å². The van der Waals surface area contributed by atoms with Crippen molar-refractivity contribution in [3.63, 3.8) is 0 Å². The van der Waals surface area contributed by atoms with Gasteiger partial charge in [0.05, 0.1) is 16.7 Å². The zero-order valence-corrected chi connectivity index (χ0v) is 25.4. The molecule has 0 atom stereocenters. The summed E-state index contributed by atoms with van der Waals surface area (Å²) < 4.78 is 2.40. The van der Waals surface area contributed by atoms with Gasteiger partial charge in [0.2, 0.25) is 0 Å². The summed E-state index contributed by atoms with van der Waals surface area (Å²) in [4.78, 5) is 2.45. The maximum atomic E-state index is 2.45. The van der Waals surface area contributed by atoms with Gasteiger partial charge in [-0.3, -0.25) is 0 Å². The average molecular weight is 577 g/mol. The molecule has 45 heavy (non-hydrogen) atoms. The second-order valence-electron chi connectivity index (χ2n) is 12.6. The number of rotatable bonds is 4. The Balaban J connectivity index is 1.33. The van der Waals surface area contributed by atoms with E-state index in [1.807, 2.05) is 0 Å². The van der Waals surface area contributed by atoms with Crippen molar-refractivity contribution in [2.45, 2.75) is 19.3 Å². The quantitative estimate of drug-likeness (QED) is 0.202. The predicted octanol–water partition coefficient (Wildman–Crippen LogP) is 11.7. The molecule has 7 aromatic carbocycles. The van der Waals surface area contributed by atoms with Crippen LogP contribution in [0.1, 0.15) is 25.0 Å². The van der Waals surface area contributed by atoms with Gasteiger partial charge in [0, 0.05) is 38.6 Å². The maximum absolute atomic E-state index is 2.45. The number of nitrogens with zero attached hydrogens (tertiary/aromatic N) is 2. The predicted molar refractivity (Wildman–Crippen MR) is 191 cm³/mol. The molecule has 8 aromatic rings. The van der Waals surface area contributed by atoms with Crippen molar-refractivity contribution in [2.24, 2.45) is 0 Å². The summed E-state index contributed by atoms with van der Waals surface area (Å²) in [6, 6.07) is 57.7. The van der Waals surface area contributed by atoms with Gasteiger partial charge in [0.15, 0.2) is 0 Å². The Labute approximate surface area is 263 Å². The summed E-state index contributed by atoms with van der Waals surface area (Å²) in [6.07, 6.45) is 0. The lowest BCUT2D eigenvalue weighted by Crippen LogP contribution is -2.16. The Hall–Kier alpha value is -5.60. The number of hydrogen-bond donors (Lipinski definition) is 0. The smallest absolute Gasteiger partial charge is 0.0561 e. The zero-order chi connectivity index (χ0) is 30.1. The number of benzene rings is 7. The summed E-state index contributed by atoms with van der Waals surface area (Å²) in [5.74, 6) is 0. The third kappa shape index (κ3) is 3.82. The van der Waals surface area contributed by atoms with Crippen LogP contribution in [0.3, 0.4) is 0 Å². The fourth-order valence-electron chi connectivity index (χ4n) is 7.62. The van der Waals surface area contributed by atoms with Crippen LogP contribution in [0.15, 0.2) is 158 Å². The molecular formula is C43H32N2. The minimum Gasteiger partial charge on any atom is -0.310 e. The lowest BCUT2D eigenvalue weighted by atomic mass is 9.82. The molecule has 0 N–H and O–H groups in total. The van der Waals surface area contributed by atoms with Gasteiger partial charge in [-0.25, -0.2) is 0 Å². The highest BCUT2D eigenvalue weighted by molar-refractivity contribution is 6.11. The van der Waals surface area contributed by atoms with Crippen molar-refractivity contribution >= 4 is 49.6 Å². The van der Waals surface area contributed by atoms with Gasteiger partial charge in [-0.05, 0) is 76.2 Å². The van der Waals surface area contributed by atoms with Gasteiger partial charge in [0.25, 0.3) is 0 Å². The Morgan fingerprint density at radius 2 is 1.11 bits per heavy atom. The van der Waals surface area contributed by atoms with Gasteiger partial charge in [-0.15, -0.1) is 0 Å². The summed E-state index contributed by atoms with van der Waals surface area (Å²) in [5.41, 5.74) is 12.4. The molecule has 2 nitrogen and oxygen atoms in total. The van der Waals surface area contributed by atoms with Crippen LogP contribution in [-0.4, -0.2) is 4.57 Å². The molecule has 1 heterocycles. The van der Waals surface area contributed by atoms with E-state index < -0.39 is 0 Å². The summed E-state index contributed by atoms with van der Waals surface area (Å²) in [5, 5.41) is 4.97. The van der Waals surface area contributed by atoms with E-state index >= 15 is 0 Å². The molecule has 0 aliphatic heterocycles. The van der Waals surface area contributed by atoms with Crippen molar-refractivity contribution in [2.75, 3.05) is 4.90 Å². The molecule has 0 fully saturated rings. The van der Waals surface area contributed by atoms with Gasteiger partial charge in [-0.1, -0.05) is 123 Å². The van der Waals surface area contributed by atoms with Crippen molar-refractivity contribution < 1.29 is 0 Å². The maximum Gasteiger partial charge on any atom is 0.0561 e. The normalized spacial score (nSPS) is 13.3. The number of fused-ring (bicyclic) bond motifs is 7. The van der Waals surface area contributed by atoms with E-state index in [0.29, 0.717) is 0 Å². The van der Waals surface area contributed by atoms with E-state index in [-0.39, 0.29) is 5.41 Å². The molecule has 1 aliphatic rings. The molecule has 1 aromatic heterocycles. The first kappa shape index (κ1) is 25.9. The molecule has 0 bridgehead atoms. The number of para-hydroxylation sites is 2. The monoisotopic (exact) mass is 576 g/mol. The molecule has 0 unspecified atom stereocenters. The molecular weight excluding hydrogens is 544 g/mol. The van der Waals surface area contributed by atoms with Gasteiger partial charge >= 0.3 is 0 Å². The van der Waals surface area contributed by atoms with Crippen LogP contribution in [0.5, 0.6) is 0 Å². The van der Waals surface area contributed by atoms with Crippen LogP contribution < -0.4 is 4.90 Å². The minimum absolute atomic E-state index is 0.0873. The number of anilines is 3. The Kier molecular flexibility index (Phi) is 5.58. The molecule has 0 saturated carbocycles. The van der Waals surface area contributed by atoms with E-state index in [4.69, 9.17) is 0 Å². The second-order valence-corrected chi connectivity index (χ2v) is 12.6. The molecule has 9 rings (SSSR count). The van der Waals surface area contributed by atoms with Crippen molar-refractivity contribution in [1.29, 1.82) is 0 Å². The van der Waals surface area contributed by atoms with Gasteiger partial charge in [0.1, 0.15) is 0 Å². The third-order valence-electron chi connectivity index (χ3n) is 9.76. The van der Waals surface area contributed by atoms with Crippen LogP contribution in [0, 0.1) is 0 Å². The summed E-state index contributed by atoms with van der Waals surface area (Å²) in [7, 11) is 0. The highest BCUT2D eigenvalue weighted by atomic mass is 15.1. The highest BCUT2D eigenvalue weighted by Gasteiger charge is 2.35. The highest BCUT2D eigenvalue weighted by Crippen LogP contribution is 2.51.